The number of amides is 1. The summed E-state index contributed by atoms with van der Waals surface area (Å²) in [4.78, 5) is 31.2. The largest absolute Gasteiger partial charge is 0.462 e. The van der Waals surface area contributed by atoms with Crippen LogP contribution in [-0.4, -0.2) is 36.6 Å². The molecule has 1 amide bonds. The van der Waals surface area contributed by atoms with E-state index in [-0.39, 0.29) is 12.5 Å². The number of carbonyl (C=O) groups is 2. The highest BCUT2D eigenvalue weighted by atomic mass is 16.5. The molecular weight excluding hydrogens is 342 g/mol. The van der Waals surface area contributed by atoms with Gasteiger partial charge in [0.1, 0.15) is 5.82 Å². The van der Waals surface area contributed by atoms with Crippen molar-refractivity contribution < 1.29 is 14.3 Å². The molecular formula is C21H27N3O3. The minimum absolute atomic E-state index is 0.276. The zero-order valence-electron chi connectivity index (χ0n) is 16.2. The lowest BCUT2D eigenvalue weighted by atomic mass is 10.1. The molecule has 1 aromatic carbocycles. The molecule has 0 fully saturated rings. The van der Waals surface area contributed by atoms with Crippen molar-refractivity contribution in [2.24, 2.45) is 0 Å². The lowest BCUT2D eigenvalue weighted by molar-refractivity contribution is 0.0527. The third kappa shape index (κ3) is 5.54. The molecule has 144 valence electrons. The lowest BCUT2D eigenvalue weighted by Crippen LogP contribution is -2.26. The Hall–Kier alpha value is -2.89. The fourth-order valence-electron chi connectivity index (χ4n) is 2.76. The number of nitrogens with zero attached hydrogens (tertiary/aromatic N) is 2. The molecule has 1 aromatic heterocycles. The quantitative estimate of drug-likeness (QED) is 0.673. The van der Waals surface area contributed by atoms with E-state index in [1.54, 1.807) is 43.5 Å². The van der Waals surface area contributed by atoms with Crippen LogP contribution in [-0.2, 0) is 4.74 Å². The van der Waals surface area contributed by atoms with Gasteiger partial charge in [0, 0.05) is 19.3 Å². The maximum atomic E-state index is 12.6. The third-order valence-corrected chi connectivity index (χ3v) is 3.99. The molecule has 0 aliphatic rings. The van der Waals surface area contributed by atoms with Gasteiger partial charge in [0.05, 0.1) is 23.4 Å². The van der Waals surface area contributed by atoms with Gasteiger partial charge in [-0.05, 0) is 44.0 Å². The van der Waals surface area contributed by atoms with Gasteiger partial charge in [0.2, 0.25) is 0 Å². The van der Waals surface area contributed by atoms with Crippen LogP contribution in [0.4, 0.5) is 11.5 Å². The average Bonchev–Trinajstić information content (AvgIpc) is 2.68. The highest BCUT2D eigenvalue weighted by molar-refractivity contribution is 6.07. The molecule has 0 aliphatic carbocycles. The summed E-state index contributed by atoms with van der Waals surface area (Å²) in [5, 5.41) is 2.77. The molecule has 0 unspecified atom stereocenters. The van der Waals surface area contributed by atoms with Crippen molar-refractivity contribution in [3.8, 4) is 0 Å². The van der Waals surface area contributed by atoms with Crippen molar-refractivity contribution in [3.63, 3.8) is 0 Å². The van der Waals surface area contributed by atoms with Gasteiger partial charge in [-0.15, -0.1) is 0 Å². The molecule has 0 radical (unpaired) electrons. The number of esters is 1. The van der Waals surface area contributed by atoms with E-state index in [0.29, 0.717) is 16.8 Å². The van der Waals surface area contributed by atoms with Gasteiger partial charge in [-0.3, -0.25) is 4.79 Å². The van der Waals surface area contributed by atoms with Crippen LogP contribution in [0.2, 0.25) is 0 Å². The molecule has 2 aromatic rings. The van der Waals surface area contributed by atoms with Gasteiger partial charge in [0.15, 0.2) is 0 Å². The van der Waals surface area contributed by atoms with Crippen molar-refractivity contribution >= 4 is 23.4 Å². The average molecular weight is 369 g/mol. The van der Waals surface area contributed by atoms with Gasteiger partial charge < -0.3 is 15.0 Å². The molecule has 2 rings (SSSR count). The topological polar surface area (TPSA) is 71.5 Å². The van der Waals surface area contributed by atoms with Gasteiger partial charge in [0.25, 0.3) is 5.91 Å². The summed E-state index contributed by atoms with van der Waals surface area (Å²) in [6.45, 7) is 8.14. The molecule has 0 spiro atoms. The summed E-state index contributed by atoms with van der Waals surface area (Å²) in [5.74, 6) is 0.0853. The smallest absolute Gasteiger partial charge is 0.340 e. The number of rotatable bonds is 9. The molecule has 0 aliphatic heterocycles. The molecule has 1 N–H and O–H groups in total. The predicted molar refractivity (Wildman–Crippen MR) is 107 cm³/mol. The molecule has 0 saturated carbocycles. The first kappa shape index (κ1) is 20.4. The Kier molecular flexibility index (Phi) is 7.79. The van der Waals surface area contributed by atoms with Crippen LogP contribution in [0.5, 0.6) is 0 Å². The zero-order valence-corrected chi connectivity index (χ0v) is 16.2. The van der Waals surface area contributed by atoms with Crippen LogP contribution >= 0.6 is 0 Å². The summed E-state index contributed by atoms with van der Waals surface area (Å²) < 4.78 is 5.04. The molecule has 6 nitrogen and oxygen atoms in total. The van der Waals surface area contributed by atoms with Crippen molar-refractivity contribution in [2.75, 3.05) is 29.9 Å². The van der Waals surface area contributed by atoms with Crippen LogP contribution < -0.4 is 10.2 Å². The Morgan fingerprint density at radius 2 is 1.74 bits per heavy atom. The second-order valence-corrected chi connectivity index (χ2v) is 6.11. The van der Waals surface area contributed by atoms with Crippen molar-refractivity contribution in [3.05, 3.63) is 53.7 Å². The Morgan fingerprint density at radius 3 is 2.33 bits per heavy atom. The van der Waals surface area contributed by atoms with Gasteiger partial charge in [-0.1, -0.05) is 26.0 Å². The molecule has 6 heteroatoms. The first-order chi connectivity index (χ1) is 13.1. The minimum Gasteiger partial charge on any atom is -0.462 e. The molecule has 1 heterocycles. The molecule has 0 bridgehead atoms. The number of para-hydroxylation sites is 1. The van der Waals surface area contributed by atoms with Gasteiger partial charge >= 0.3 is 5.97 Å². The number of carbonyl (C=O) groups excluding carboxylic acids is 2. The van der Waals surface area contributed by atoms with E-state index >= 15 is 0 Å². The summed E-state index contributed by atoms with van der Waals surface area (Å²) in [6, 6.07) is 10.4. The van der Waals surface area contributed by atoms with E-state index in [9.17, 15) is 9.59 Å². The number of benzene rings is 1. The van der Waals surface area contributed by atoms with Crippen LogP contribution in [0.25, 0.3) is 0 Å². The minimum atomic E-state index is -0.461. The Bertz CT molecular complexity index is 754. The highest BCUT2D eigenvalue weighted by Gasteiger charge is 2.15. The Morgan fingerprint density at radius 1 is 1.04 bits per heavy atom. The molecule has 27 heavy (non-hydrogen) atoms. The number of hydrogen-bond donors (Lipinski definition) is 1. The number of hydrogen-bond acceptors (Lipinski definition) is 5. The number of anilines is 2. The van der Waals surface area contributed by atoms with Gasteiger partial charge in [-0.25, -0.2) is 9.78 Å². The van der Waals surface area contributed by atoms with E-state index < -0.39 is 5.97 Å². The number of nitrogens with one attached hydrogen (secondary N) is 1. The van der Waals surface area contributed by atoms with E-state index in [4.69, 9.17) is 4.74 Å². The Balaban J connectivity index is 2.14. The maximum absolute atomic E-state index is 12.6. The van der Waals surface area contributed by atoms with E-state index in [2.05, 4.69) is 29.0 Å². The summed E-state index contributed by atoms with van der Waals surface area (Å²) in [5.41, 5.74) is 1.18. The summed E-state index contributed by atoms with van der Waals surface area (Å²) in [7, 11) is 0. The monoisotopic (exact) mass is 369 g/mol. The van der Waals surface area contributed by atoms with Crippen molar-refractivity contribution in [1.29, 1.82) is 0 Å². The maximum Gasteiger partial charge on any atom is 0.340 e. The second-order valence-electron chi connectivity index (χ2n) is 6.11. The van der Waals surface area contributed by atoms with Crippen LogP contribution in [0, 0.1) is 0 Å². The first-order valence-corrected chi connectivity index (χ1v) is 9.39. The fourth-order valence-corrected chi connectivity index (χ4v) is 2.76. The van der Waals surface area contributed by atoms with Crippen LogP contribution in [0.1, 0.15) is 54.3 Å². The molecule has 0 atom stereocenters. The highest BCUT2D eigenvalue weighted by Crippen LogP contribution is 2.18. The zero-order chi connectivity index (χ0) is 19.6. The standard InChI is InChI=1S/C21H27N3O3/c1-4-13-24(14-5-2)19-12-11-16(15-22-19)20(25)23-18-10-8-7-9-17(18)21(26)27-6-3/h7-12,15H,4-6,13-14H2,1-3H3,(H,23,25). The third-order valence-electron chi connectivity index (χ3n) is 3.99. The van der Waals surface area contributed by atoms with Crippen LogP contribution in [0.15, 0.2) is 42.6 Å². The van der Waals surface area contributed by atoms with Crippen molar-refractivity contribution in [2.45, 2.75) is 33.6 Å². The fraction of sp³-hybridized carbons (Fsp3) is 0.381. The number of ether oxygens (including phenoxy) is 1. The lowest BCUT2D eigenvalue weighted by Gasteiger charge is -2.22. The first-order valence-electron chi connectivity index (χ1n) is 9.39. The Labute approximate surface area is 160 Å². The van der Waals surface area contributed by atoms with Gasteiger partial charge in [-0.2, -0.15) is 0 Å². The normalized spacial score (nSPS) is 10.3. The van der Waals surface area contributed by atoms with E-state index in [1.165, 1.54) is 0 Å². The van der Waals surface area contributed by atoms with Crippen LogP contribution in [0.3, 0.4) is 0 Å². The summed E-state index contributed by atoms with van der Waals surface area (Å²) in [6.07, 6.45) is 3.64. The predicted octanol–water partition coefficient (Wildman–Crippen LogP) is 4.14. The van der Waals surface area contributed by atoms with E-state index in [1.807, 2.05) is 6.07 Å². The second kappa shape index (κ2) is 10.3. The number of aromatic nitrogens is 1. The van der Waals surface area contributed by atoms with Crippen molar-refractivity contribution in [1.82, 2.24) is 4.98 Å². The molecule has 0 saturated heterocycles. The number of pyridine rings is 1. The summed E-state index contributed by atoms with van der Waals surface area (Å²) >= 11 is 0. The van der Waals surface area contributed by atoms with E-state index in [0.717, 1.165) is 31.7 Å². The SMILES string of the molecule is CCCN(CCC)c1ccc(C(=O)Nc2ccccc2C(=O)OCC)cn1.